The number of benzene rings is 1. The average Bonchev–Trinajstić information content (AvgIpc) is 3.01. The molecule has 0 bridgehead atoms. The Kier molecular flexibility index (Phi) is 4.42. The third kappa shape index (κ3) is 3.45. The van der Waals surface area contributed by atoms with Crippen LogP contribution in [0.15, 0.2) is 49.3 Å². The summed E-state index contributed by atoms with van der Waals surface area (Å²) in [6, 6.07) is 9.01. The highest BCUT2D eigenvalue weighted by Crippen LogP contribution is 2.30. The van der Waals surface area contributed by atoms with Crippen LogP contribution >= 0.6 is 39.3 Å². The largest absolute Gasteiger partial charge is 0.450 e. The molecule has 0 unspecified atom stereocenters. The molecule has 2 aromatic rings. The molecule has 22 heavy (non-hydrogen) atoms. The van der Waals surface area contributed by atoms with E-state index in [0.29, 0.717) is 25.5 Å². The van der Waals surface area contributed by atoms with Gasteiger partial charge in [-0.3, -0.25) is 4.79 Å². The summed E-state index contributed by atoms with van der Waals surface area (Å²) in [6.07, 6.45) is 1.68. The summed E-state index contributed by atoms with van der Waals surface area (Å²) >= 11 is 10.5. The van der Waals surface area contributed by atoms with Gasteiger partial charge in [0.05, 0.1) is 10.6 Å². The van der Waals surface area contributed by atoms with Crippen molar-refractivity contribution in [2.75, 3.05) is 0 Å². The van der Waals surface area contributed by atoms with E-state index in [0.717, 1.165) is 11.3 Å². The van der Waals surface area contributed by atoms with Crippen molar-refractivity contribution in [3.05, 3.63) is 56.3 Å². The molecule has 0 saturated carbocycles. The zero-order valence-electron chi connectivity index (χ0n) is 11.4. The van der Waals surface area contributed by atoms with Crippen LogP contribution in [0.5, 0.6) is 0 Å². The van der Waals surface area contributed by atoms with E-state index >= 15 is 0 Å². The fourth-order valence-electron chi connectivity index (χ4n) is 1.83. The standard InChI is InChI=1S/C15H10BrClN2O2S/c1-8-6-9(2-4-11(8)17)18-15-19-14(20)12(22-15)7-10-3-5-13(16)21-10/h2-7H,1H3,(H,18,19,20)/b12-7+. The lowest BCUT2D eigenvalue weighted by molar-refractivity contribution is -0.115. The van der Waals surface area contributed by atoms with Gasteiger partial charge < -0.3 is 9.73 Å². The summed E-state index contributed by atoms with van der Waals surface area (Å²) in [5.41, 5.74) is 1.68. The Labute approximate surface area is 144 Å². The van der Waals surface area contributed by atoms with Crippen molar-refractivity contribution in [3.63, 3.8) is 0 Å². The van der Waals surface area contributed by atoms with Crippen LogP contribution in [-0.2, 0) is 4.79 Å². The predicted molar refractivity (Wildman–Crippen MR) is 93.4 cm³/mol. The van der Waals surface area contributed by atoms with Gasteiger partial charge in [-0.2, -0.15) is 0 Å². The highest BCUT2D eigenvalue weighted by atomic mass is 79.9. The van der Waals surface area contributed by atoms with Crippen molar-refractivity contribution < 1.29 is 9.21 Å². The third-order valence-corrected chi connectivity index (χ3v) is 4.65. The van der Waals surface area contributed by atoms with E-state index in [9.17, 15) is 4.79 Å². The van der Waals surface area contributed by atoms with Crippen LogP contribution in [-0.4, -0.2) is 11.1 Å². The summed E-state index contributed by atoms with van der Waals surface area (Å²) in [7, 11) is 0. The van der Waals surface area contributed by atoms with Gasteiger partial charge in [0.1, 0.15) is 5.76 Å². The number of amides is 1. The number of rotatable bonds is 2. The second-order valence-electron chi connectivity index (χ2n) is 4.56. The lowest BCUT2D eigenvalue weighted by Crippen LogP contribution is -2.19. The maximum Gasteiger partial charge on any atom is 0.264 e. The SMILES string of the molecule is Cc1cc(N=C2NC(=O)/C(=C\c3ccc(Br)o3)S2)ccc1Cl. The Morgan fingerprint density at radius 2 is 2.18 bits per heavy atom. The van der Waals surface area contributed by atoms with Crippen LogP contribution in [0.25, 0.3) is 6.08 Å². The molecule has 1 aromatic heterocycles. The number of furan rings is 1. The second kappa shape index (κ2) is 6.32. The first kappa shape index (κ1) is 15.4. The van der Waals surface area contributed by atoms with Crippen LogP contribution < -0.4 is 5.32 Å². The molecule has 3 rings (SSSR count). The molecule has 1 fully saturated rings. The number of carbonyl (C=O) groups is 1. The fraction of sp³-hybridized carbons (Fsp3) is 0.0667. The van der Waals surface area contributed by atoms with Gasteiger partial charge in [-0.15, -0.1) is 0 Å². The quantitative estimate of drug-likeness (QED) is 0.734. The smallest absolute Gasteiger partial charge is 0.264 e. The molecular weight excluding hydrogens is 388 g/mol. The molecule has 1 aromatic carbocycles. The van der Waals surface area contributed by atoms with Gasteiger partial charge in [-0.1, -0.05) is 11.6 Å². The molecular formula is C15H10BrClN2O2S. The average molecular weight is 398 g/mol. The van der Waals surface area contributed by atoms with E-state index in [1.54, 1.807) is 30.3 Å². The van der Waals surface area contributed by atoms with Crippen LogP contribution in [0.3, 0.4) is 0 Å². The van der Waals surface area contributed by atoms with Crippen molar-refractivity contribution >= 4 is 62.1 Å². The van der Waals surface area contributed by atoms with E-state index in [2.05, 4.69) is 26.2 Å². The van der Waals surface area contributed by atoms with Crippen LogP contribution in [0, 0.1) is 6.92 Å². The van der Waals surface area contributed by atoms with E-state index in [4.69, 9.17) is 16.0 Å². The van der Waals surface area contributed by atoms with Gasteiger partial charge in [-0.25, -0.2) is 4.99 Å². The van der Waals surface area contributed by atoms with E-state index in [-0.39, 0.29) is 5.91 Å². The first-order valence-electron chi connectivity index (χ1n) is 6.32. The molecule has 0 spiro atoms. The molecule has 0 atom stereocenters. The van der Waals surface area contributed by atoms with Gasteiger partial charge in [0, 0.05) is 11.1 Å². The molecule has 7 heteroatoms. The molecule has 1 amide bonds. The normalized spacial score (nSPS) is 18.2. The van der Waals surface area contributed by atoms with Gasteiger partial charge in [0.15, 0.2) is 9.84 Å². The molecule has 112 valence electrons. The first-order valence-corrected chi connectivity index (χ1v) is 8.31. The van der Waals surface area contributed by atoms with Crippen molar-refractivity contribution in [2.45, 2.75) is 6.92 Å². The van der Waals surface area contributed by atoms with Crippen molar-refractivity contribution in [2.24, 2.45) is 4.99 Å². The lowest BCUT2D eigenvalue weighted by atomic mass is 10.2. The van der Waals surface area contributed by atoms with Crippen molar-refractivity contribution in [1.82, 2.24) is 5.32 Å². The molecule has 1 saturated heterocycles. The summed E-state index contributed by atoms with van der Waals surface area (Å²) in [5, 5.41) is 3.95. The number of nitrogens with zero attached hydrogens (tertiary/aromatic N) is 1. The molecule has 1 aliphatic heterocycles. The first-order chi connectivity index (χ1) is 10.5. The summed E-state index contributed by atoms with van der Waals surface area (Å²) in [5.74, 6) is 0.412. The zero-order chi connectivity index (χ0) is 15.7. The Morgan fingerprint density at radius 3 is 2.86 bits per heavy atom. The molecule has 1 N–H and O–H groups in total. The number of amidine groups is 1. The maximum absolute atomic E-state index is 12.0. The minimum atomic E-state index is -0.193. The van der Waals surface area contributed by atoms with Crippen LogP contribution in [0.1, 0.15) is 11.3 Å². The van der Waals surface area contributed by atoms with E-state index in [1.165, 1.54) is 11.8 Å². The Hall–Kier alpha value is -1.50. The topological polar surface area (TPSA) is 54.6 Å². The van der Waals surface area contributed by atoms with E-state index in [1.807, 2.05) is 13.0 Å². The number of aryl methyl sites for hydroxylation is 1. The molecule has 0 aliphatic carbocycles. The summed E-state index contributed by atoms with van der Waals surface area (Å²) in [4.78, 5) is 16.9. The lowest BCUT2D eigenvalue weighted by Gasteiger charge is -2.00. The van der Waals surface area contributed by atoms with E-state index < -0.39 is 0 Å². The predicted octanol–water partition coefficient (Wildman–Crippen LogP) is 4.90. The Morgan fingerprint density at radius 1 is 1.36 bits per heavy atom. The zero-order valence-corrected chi connectivity index (χ0v) is 14.6. The number of aliphatic imine (C=N–C) groups is 1. The Bertz CT molecular complexity index is 814. The minimum absolute atomic E-state index is 0.193. The number of hydrogen-bond donors (Lipinski definition) is 1. The fourth-order valence-corrected chi connectivity index (χ4v) is 3.09. The van der Waals surface area contributed by atoms with Crippen molar-refractivity contribution in [1.29, 1.82) is 0 Å². The van der Waals surface area contributed by atoms with Gasteiger partial charge in [0.25, 0.3) is 5.91 Å². The van der Waals surface area contributed by atoms with Crippen molar-refractivity contribution in [3.8, 4) is 0 Å². The Balaban J connectivity index is 1.83. The second-order valence-corrected chi connectivity index (χ2v) is 6.78. The molecule has 0 radical (unpaired) electrons. The highest BCUT2D eigenvalue weighted by molar-refractivity contribution is 9.10. The maximum atomic E-state index is 12.0. The number of halogens is 2. The number of nitrogens with one attached hydrogen (secondary N) is 1. The minimum Gasteiger partial charge on any atom is -0.450 e. The van der Waals surface area contributed by atoms with Gasteiger partial charge in [-0.05, 0) is 70.5 Å². The third-order valence-electron chi connectivity index (χ3n) is 2.89. The molecule has 2 heterocycles. The van der Waals surface area contributed by atoms with Crippen LogP contribution in [0.2, 0.25) is 5.02 Å². The summed E-state index contributed by atoms with van der Waals surface area (Å²) < 4.78 is 5.99. The molecule has 4 nitrogen and oxygen atoms in total. The number of thioether (sulfide) groups is 1. The highest BCUT2D eigenvalue weighted by Gasteiger charge is 2.24. The van der Waals surface area contributed by atoms with Gasteiger partial charge >= 0.3 is 0 Å². The number of carbonyl (C=O) groups excluding carboxylic acids is 1. The summed E-state index contributed by atoms with van der Waals surface area (Å²) in [6.45, 7) is 1.91. The monoisotopic (exact) mass is 396 g/mol. The van der Waals surface area contributed by atoms with Crippen LogP contribution in [0.4, 0.5) is 5.69 Å². The molecule has 1 aliphatic rings. The number of hydrogen-bond acceptors (Lipinski definition) is 4. The van der Waals surface area contributed by atoms with Gasteiger partial charge in [0.2, 0.25) is 0 Å².